The maximum absolute atomic E-state index is 14.8. The zero-order valence-corrected chi connectivity index (χ0v) is 17.3. The highest BCUT2D eigenvalue weighted by molar-refractivity contribution is 6.30. The Labute approximate surface area is 191 Å². The molecule has 1 unspecified atom stereocenters. The van der Waals surface area contributed by atoms with E-state index < -0.39 is 52.3 Å². The molecule has 1 aliphatic heterocycles. The molecule has 12 heteroatoms. The van der Waals surface area contributed by atoms with E-state index in [2.05, 4.69) is 9.99 Å². The molecule has 0 amide bonds. The van der Waals surface area contributed by atoms with Crippen molar-refractivity contribution in [2.45, 2.75) is 24.4 Å². The van der Waals surface area contributed by atoms with Crippen molar-refractivity contribution >= 4 is 34.1 Å². The van der Waals surface area contributed by atoms with Gasteiger partial charge in [-0.05, 0) is 29.0 Å². The first-order chi connectivity index (χ1) is 15.8. The van der Waals surface area contributed by atoms with Gasteiger partial charge in [-0.1, -0.05) is 47.1 Å². The Morgan fingerprint density at radius 2 is 1.68 bits per heavy atom. The predicted molar refractivity (Wildman–Crippen MR) is 107 cm³/mol. The first-order valence-electron chi connectivity index (χ1n) is 9.40. The fraction of sp³-hybridized carbons (Fsp3) is 0.182. The second-order valence-corrected chi connectivity index (χ2v) is 7.89. The molecule has 0 aromatic heterocycles. The van der Waals surface area contributed by atoms with Gasteiger partial charge in [-0.15, -0.1) is 0 Å². The summed E-state index contributed by atoms with van der Waals surface area (Å²) in [7, 11) is 0. The van der Waals surface area contributed by atoms with Gasteiger partial charge in [-0.25, -0.2) is 9.18 Å². The van der Waals surface area contributed by atoms with Crippen LogP contribution in [0, 0.1) is 5.82 Å². The highest BCUT2D eigenvalue weighted by Gasteiger charge is 2.64. The highest BCUT2D eigenvalue weighted by Crippen LogP contribution is 2.51. The van der Waals surface area contributed by atoms with Crippen LogP contribution < -0.4 is 0 Å². The molecule has 3 aromatic rings. The summed E-state index contributed by atoms with van der Waals surface area (Å²) in [6, 6.07) is 8.86. The molecule has 178 valence electrons. The standard InChI is InChI=1S/C22H11ClF7NO3/c23-10-7-15(18(24)16(8-10)21(25,26)27)20(22(28,29)30)9-17(31-34-20)13-5-6-14(19(32)33)12-4-2-1-3-11(12)13/h1-8H,9H2,(H,32,33). The van der Waals surface area contributed by atoms with Crippen LogP contribution in [0.3, 0.4) is 0 Å². The van der Waals surface area contributed by atoms with Gasteiger partial charge in [0.25, 0.3) is 5.60 Å². The van der Waals surface area contributed by atoms with Gasteiger partial charge >= 0.3 is 18.3 Å². The number of carboxylic acids is 1. The minimum atomic E-state index is -5.40. The van der Waals surface area contributed by atoms with Crippen LogP contribution in [-0.4, -0.2) is 23.0 Å². The summed E-state index contributed by atoms with van der Waals surface area (Å²) in [4.78, 5) is 16.2. The Balaban J connectivity index is 1.89. The molecular formula is C22H11ClF7NO3. The Kier molecular flexibility index (Phi) is 5.51. The third-order valence-electron chi connectivity index (χ3n) is 5.43. The zero-order valence-electron chi connectivity index (χ0n) is 16.6. The van der Waals surface area contributed by atoms with E-state index in [0.29, 0.717) is 6.07 Å². The van der Waals surface area contributed by atoms with Crippen LogP contribution in [0.2, 0.25) is 5.02 Å². The molecule has 3 aromatic carbocycles. The summed E-state index contributed by atoms with van der Waals surface area (Å²) in [6.45, 7) is 0. The third-order valence-corrected chi connectivity index (χ3v) is 5.65. The van der Waals surface area contributed by atoms with Gasteiger partial charge in [0.15, 0.2) is 0 Å². The Morgan fingerprint density at radius 1 is 1.03 bits per heavy atom. The summed E-state index contributed by atoms with van der Waals surface area (Å²) < 4.78 is 97.3. The number of aromatic carboxylic acids is 1. The number of oxime groups is 1. The van der Waals surface area contributed by atoms with Crippen molar-refractivity contribution < 1.29 is 45.5 Å². The van der Waals surface area contributed by atoms with Gasteiger partial charge in [0.1, 0.15) is 5.82 Å². The number of hydrogen-bond acceptors (Lipinski definition) is 3. The van der Waals surface area contributed by atoms with Crippen LogP contribution in [0.1, 0.15) is 33.5 Å². The van der Waals surface area contributed by atoms with E-state index in [0.717, 1.165) is 6.07 Å². The topological polar surface area (TPSA) is 58.9 Å². The highest BCUT2D eigenvalue weighted by atomic mass is 35.5. The van der Waals surface area contributed by atoms with Gasteiger partial charge in [-0.2, -0.15) is 26.3 Å². The van der Waals surface area contributed by atoms with Gasteiger partial charge in [-0.3, -0.25) is 0 Å². The predicted octanol–water partition coefficient (Wildman–Crippen LogP) is 6.93. The largest absolute Gasteiger partial charge is 0.478 e. The van der Waals surface area contributed by atoms with Gasteiger partial charge < -0.3 is 9.94 Å². The van der Waals surface area contributed by atoms with E-state index in [1.165, 1.54) is 30.3 Å². The normalized spacial score (nSPS) is 18.6. The maximum atomic E-state index is 14.8. The minimum absolute atomic E-state index is 0.0465. The fourth-order valence-corrected chi connectivity index (χ4v) is 4.07. The van der Waals surface area contributed by atoms with E-state index in [1.54, 1.807) is 0 Å². The van der Waals surface area contributed by atoms with Gasteiger partial charge in [0, 0.05) is 16.1 Å². The monoisotopic (exact) mass is 505 g/mol. The first kappa shape index (κ1) is 23.8. The lowest BCUT2D eigenvalue weighted by Gasteiger charge is -2.30. The molecule has 0 radical (unpaired) electrons. The Morgan fingerprint density at radius 3 is 2.26 bits per heavy atom. The summed E-state index contributed by atoms with van der Waals surface area (Å²) in [5.41, 5.74) is -7.48. The SMILES string of the molecule is O=C(O)c1ccc(C2=NOC(c3cc(Cl)cc(C(F)(F)F)c3F)(C(F)(F)F)C2)c2ccccc12. The number of alkyl halides is 6. The number of carboxylic acid groups (broad SMARTS) is 1. The van der Waals surface area contributed by atoms with Gasteiger partial charge in [0.05, 0.1) is 23.3 Å². The second-order valence-electron chi connectivity index (χ2n) is 7.45. The van der Waals surface area contributed by atoms with E-state index in [9.17, 15) is 40.6 Å². The molecule has 0 saturated heterocycles. The summed E-state index contributed by atoms with van der Waals surface area (Å²) in [5, 5.41) is 12.4. The van der Waals surface area contributed by atoms with Crippen molar-refractivity contribution in [2.24, 2.45) is 5.16 Å². The van der Waals surface area contributed by atoms with E-state index in [1.807, 2.05) is 0 Å². The lowest BCUT2D eigenvalue weighted by Crippen LogP contribution is -2.43. The smallest absolute Gasteiger partial charge is 0.435 e. The van der Waals surface area contributed by atoms with Crippen LogP contribution in [0.15, 0.2) is 53.7 Å². The number of nitrogens with zero attached hydrogens (tertiary/aromatic N) is 1. The molecule has 0 saturated carbocycles. The van der Waals surface area contributed by atoms with Crippen molar-refractivity contribution in [3.8, 4) is 0 Å². The fourth-order valence-electron chi connectivity index (χ4n) is 3.85. The van der Waals surface area contributed by atoms with Crippen molar-refractivity contribution in [3.63, 3.8) is 0 Å². The zero-order chi connectivity index (χ0) is 25.1. The van der Waals surface area contributed by atoms with Gasteiger partial charge in [0.2, 0.25) is 0 Å². The van der Waals surface area contributed by atoms with E-state index in [4.69, 9.17) is 11.6 Å². The Hall–Kier alpha value is -3.34. The number of benzene rings is 3. The number of hydrogen-bond donors (Lipinski definition) is 1. The maximum Gasteiger partial charge on any atom is 0.435 e. The molecule has 0 bridgehead atoms. The molecule has 4 nitrogen and oxygen atoms in total. The number of halogens is 8. The van der Waals surface area contributed by atoms with Crippen molar-refractivity contribution in [3.05, 3.63) is 81.6 Å². The minimum Gasteiger partial charge on any atom is -0.478 e. The number of fused-ring (bicyclic) bond motifs is 1. The molecule has 0 aliphatic carbocycles. The molecule has 0 fully saturated rings. The molecule has 1 atom stereocenters. The number of carbonyl (C=O) groups is 1. The van der Waals surface area contributed by atoms with Crippen LogP contribution in [0.25, 0.3) is 10.8 Å². The average molecular weight is 506 g/mol. The number of rotatable bonds is 3. The lowest BCUT2D eigenvalue weighted by atomic mass is 9.84. The quantitative estimate of drug-likeness (QED) is 0.393. The second kappa shape index (κ2) is 7.86. The van der Waals surface area contributed by atoms with Crippen LogP contribution in [0.4, 0.5) is 30.7 Å². The van der Waals surface area contributed by atoms with Crippen molar-refractivity contribution in [2.75, 3.05) is 0 Å². The molecule has 1 heterocycles. The van der Waals surface area contributed by atoms with Crippen LogP contribution in [0.5, 0.6) is 0 Å². The van der Waals surface area contributed by atoms with Crippen LogP contribution >= 0.6 is 11.6 Å². The lowest BCUT2D eigenvalue weighted by molar-refractivity contribution is -0.277. The molecule has 4 rings (SSSR count). The molecular weight excluding hydrogens is 495 g/mol. The summed E-state index contributed by atoms with van der Waals surface area (Å²) in [6.07, 6.45) is -11.9. The van der Waals surface area contributed by atoms with E-state index in [-0.39, 0.29) is 33.7 Å². The van der Waals surface area contributed by atoms with Crippen LogP contribution in [-0.2, 0) is 16.6 Å². The molecule has 34 heavy (non-hydrogen) atoms. The van der Waals surface area contributed by atoms with Crippen molar-refractivity contribution in [1.82, 2.24) is 0 Å². The summed E-state index contributed by atoms with van der Waals surface area (Å²) in [5.74, 6) is -3.46. The molecule has 1 aliphatic rings. The van der Waals surface area contributed by atoms with E-state index >= 15 is 0 Å². The van der Waals surface area contributed by atoms with Crippen molar-refractivity contribution in [1.29, 1.82) is 0 Å². The molecule has 0 spiro atoms. The first-order valence-corrected chi connectivity index (χ1v) is 9.78. The summed E-state index contributed by atoms with van der Waals surface area (Å²) >= 11 is 5.61. The Bertz CT molecular complexity index is 1350. The third kappa shape index (κ3) is 3.73. The average Bonchev–Trinajstić information content (AvgIpc) is 3.20. The molecule has 1 N–H and O–H groups in total.